The third-order valence-corrected chi connectivity index (χ3v) is 6.97. The lowest BCUT2D eigenvalue weighted by atomic mass is 10.1. The number of nitrogen functional groups attached to an aromatic ring is 1. The molecule has 0 atom stereocenters. The Morgan fingerprint density at radius 2 is 1.76 bits per heavy atom. The maximum Gasteiger partial charge on any atom is 0.172 e. The van der Waals surface area contributed by atoms with Crippen molar-refractivity contribution < 1.29 is 9.53 Å². The van der Waals surface area contributed by atoms with E-state index in [1.807, 2.05) is 37.3 Å². The first-order valence-corrected chi connectivity index (χ1v) is 11.6. The summed E-state index contributed by atoms with van der Waals surface area (Å²) in [4.78, 5) is 34.9. The van der Waals surface area contributed by atoms with Crippen molar-refractivity contribution in [2.75, 3.05) is 36.9 Å². The number of hydrogen-bond donors (Lipinski definition) is 1. The van der Waals surface area contributed by atoms with Gasteiger partial charge in [-0.2, -0.15) is 0 Å². The summed E-state index contributed by atoms with van der Waals surface area (Å²) in [5.74, 6) is 2.14. The number of hydrogen-bond acceptors (Lipinski definition) is 9. The molecule has 8 nitrogen and oxygen atoms in total. The fraction of sp³-hybridized carbons (Fsp3) is 0.292. The number of ketones is 1. The zero-order valence-corrected chi connectivity index (χ0v) is 19.6. The molecule has 2 N–H and O–H groups in total. The molecule has 5 rings (SSSR count). The van der Waals surface area contributed by atoms with Crippen LogP contribution in [0.15, 0.2) is 30.3 Å². The van der Waals surface area contributed by atoms with Gasteiger partial charge in [0.1, 0.15) is 16.5 Å². The number of ether oxygens (including phenoxy) is 1. The number of nitrogens with zero attached hydrogens (tertiary/aromatic N) is 5. The predicted molar refractivity (Wildman–Crippen MR) is 131 cm³/mol. The summed E-state index contributed by atoms with van der Waals surface area (Å²) in [6.07, 6.45) is 0. The molecule has 0 spiro atoms. The molecular weight excluding hydrogens is 436 g/mol. The largest absolute Gasteiger partial charge is 0.383 e. The molecule has 1 aliphatic heterocycles. The Balaban J connectivity index is 1.73. The minimum Gasteiger partial charge on any atom is -0.383 e. The third kappa shape index (κ3) is 3.83. The van der Waals surface area contributed by atoms with Crippen LogP contribution in [0.25, 0.3) is 32.3 Å². The Labute approximate surface area is 195 Å². The highest BCUT2D eigenvalue weighted by Crippen LogP contribution is 2.41. The van der Waals surface area contributed by atoms with Crippen molar-refractivity contribution in [1.29, 1.82) is 0 Å². The molecule has 0 aliphatic carbocycles. The van der Waals surface area contributed by atoms with E-state index in [0.717, 1.165) is 45.1 Å². The minimum atomic E-state index is -0.141. The molecule has 1 aromatic carbocycles. The van der Waals surface area contributed by atoms with Gasteiger partial charge in [-0.05, 0) is 26.3 Å². The molecule has 9 heteroatoms. The molecule has 33 heavy (non-hydrogen) atoms. The van der Waals surface area contributed by atoms with E-state index in [1.54, 1.807) is 6.92 Å². The predicted octanol–water partition coefficient (Wildman–Crippen LogP) is 4.05. The van der Waals surface area contributed by atoms with E-state index in [9.17, 15) is 4.79 Å². The molecule has 0 amide bonds. The lowest BCUT2D eigenvalue weighted by Crippen LogP contribution is -2.37. The zero-order chi connectivity index (χ0) is 23.1. The van der Waals surface area contributed by atoms with E-state index in [1.165, 1.54) is 18.3 Å². The standard InChI is InChI=1S/C24H24N6O2S/c1-13-17-23(30-9-11-32-12-10-30)28-21(16-7-5-4-6-8-16)29-24(17)33-19(13)22-26-14(2)18(15(3)31)20(25)27-22/h4-8H,9-12H2,1-3H3,(H2,25,26,27). The van der Waals surface area contributed by atoms with Crippen molar-refractivity contribution in [3.8, 4) is 22.1 Å². The van der Waals surface area contributed by atoms with Gasteiger partial charge >= 0.3 is 0 Å². The second kappa shape index (κ2) is 8.49. The first-order valence-electron chi connectivity index (χ1n) is 10.8. The van der Waals surface area contributed by atoms with Crippen LogP contribution < -0.4 is 10.6 Å². The summed E-state index contributed by atoms with van der Waals surface area (Å²) in [7, 11) is 0. The number of aromatic nitrogens is 4. The van der Waals surface area contributed by atoms with Gasteiger partial charge in [0.15, 0.2) is 17.4 Å². The van der Waals surface area contributed by atoms with E-state index >= 15 is 0 Å². The van der Waals surface area contributed by atoms with Crippen LogP contribution in [0.2, 0.25) is 0 Å². The number of anilines is 2. The van der Waals surface area contributed by atoms with Gasteiger partial charge in [0, 0.05) is 18.7 Å². The van der Waals surface area contributed by atoms with Gasteiger partial charge in [0.05, 0.1) is 34.7 Å². The number of nitrogens with two attached hydrogens (primary N) is 1. The Hall–Kier alpha value is -3.43. The highest BCUT2D eigenvalue weighted by molar-refractivity contribution is 7.22. The average Bonchev–Trinajstić information content (AvgIpc) is 3.15. The third-order valence-electron chi connectivity index (χ3n) is 5.79. The molecule has 168 valence electrons. The fourth-order valence-electron chi connectivity index (χ4n) is 4.18. The quantitative estimate of drug-likeness (QED) is 0.455. The second-order valence-corrected chi connectivity index (χ2v) is 9.02. The highest BCUT2D eigenvalue weighted by atomic mass is 32.1. The normalized spacial score (nSPS) is 14.1. The molecule has 0 bridgehead atoms. The van der Waals surface area contributed by atoms with Crippen LogP contribution in [0, 0.1) is 13.8 Å². The number of aryl methyl sites for hydroxylation is 2. The molecule has 3 aromatic heterocycles. The van der Waals surface area contributed by atoms with Gasteiger partial charge in [-0.3, -0.25) is 4.79 Å². The summed E-state index contributed by atoms with van der Waals surface area (Å²) in [6, 6.07) is 9.97. The van der Waals surface area contributed by atoms with Gasteiger partial charge in [0.25, 0.3) is 0 Å². The lowest BCUT2D eigenvalue weighted by Gasteiger charge is -2.28. The summed E-state index contributed by atoms with van der Waals surface area (Å²) in [6.45, 7) is 8.15. The van der Waals surface area contributed by atoms with Crippen molar-refractivity contribution in [2.24, 2.45) is 0 Å². The molecule has 1 aliphatic rings. The first kappa shape index (κ1) is 21.4. The summed E-state index contributed by atoms with van der Waals surface area (Å²) in [5.41, 5.74) is 9.05. The van der Waals surface area contributed by atoms with Crippen molar-refractivity contribution in [1.82, 2.24) is 19.9 Å². The molecule has 1 fully saturated rings. The van der Waals surface area contributed by atoms with Crippen molar-refractivity contribution in [3.63, 3.8) is 0 Å². The van der Waals surface area contributed by atoms with Crippen molar-refractivity contribution in [3.05, 3.63) is 47.2 Å². The Kier molecular flexibility index (Phi) is 5.51. The van der Waals surface area contributed by atoms with Crippen LogP contribution in [-0.4, -0.2) is 52.0 Å². The van der Waals surface area contributed by atoms with Gasteiger partial charge < -0.3 is 15.4 Å². The molecule has 4 aromatic rings. The van der Waals surface area contributed by atoms with E-state index in [2.05, 4.69) is 14.9 Å². The first-order chi connectivity index (χ1) is 15.9. The number of Topliss-reactive ketones (excluding diaryl/α,β-unsaturated/α-hetero) is 1. The maximum absolute atomic E-state index is 11.9. The van der Waals surface area contributed by atoms with Gasteiger partial charge in [-0.25, -0.2) is 19.9 Å². The van der Waals surface area contributed by atoms with Gasteiger partial charge in [0.2, 0.25) is 0 Å². The highest BCUT2D eigenvalue weighted by Gasteiger charge is 2.25. The minimum absolute atomic E-state index is 0.141. The van der Waals surface area contributed by atoms with Crippen LogP contribution in [-0.2, 0) is 4.74 Å². The zero-order valence-electron chi connectivity index (χ0n) is 18.8. The lowest BCUT2D eigenvalue weighted by molar-refractivity contribution is 0.101. The second-order valence-electron chi connectivity index (χ2n) is 8.02. The van der Waals surface area contributed by atoms with E-state index in [4.69, 9.17) is 20.4 Å². The number of rotatable bonds is 4. The number of carbonyl (C=O) groups excluding carboxylic acids is 1. The van der Waals surface area contributed by atoms with E-state index in [-0.39, 0.29) is 11.6 Å². The van der Waals surface area contributed by atoms with E-state index in [0.29, 0.717) is 36.1 Å². The van der Waals surface area contributed by atoms with Gasteiger partial charge in [-0.1, -0.05) is 30.3 Å². The summed E-state index contributed by atoms with van der Waals surface area (Å²) >= 11 is 1.52. The Bertz CT molecular complexity index is 1340. The van der Waals surface area contributed by atoms with Crippen molar-refractivity contribution >= 4 is 39.0 Å². The van der Waals surface area contributed by atoms with Crippen LogP contribution in [0.5, 0.6) is 0 Å². The van der Waals surface area contributed by atoms with Crippen LogP contribution in [0.4, 0.5) is 11.6 Å². The Morgan fingerprint density at radius 1 is 1.03 bits per heavy atom. The molecule has 0 unspecified atom stereocenters. The number of morpholine rings is 1. The topological polar surface area (TPSA) is 107 Å². The molecular formula is C24H24N6O2S. The molecule has 4 heterocycles. The monoisotopic (exact) mass is 460 g/mol. The number of benzene rings is 1. The SMILES string of the molecule is CC(=O)c1c(C)nc(-c2sc3nc(-c4ccccc4)nc(N4CCOCC4)c3c2C)nc1N. The molecule has 0 saturated carbocycles. The van der Waals surface area contributed by atoms with Crippen LogP contribution >= 0.6 is 11.3 Å². The number of thiophene rings is 1. The van der Waals surface area contributed by atoms with E-state index < -0.39 is 0 Å². The molecule has 0 radical (unpaired) electrons. The fourth-order valence-corrected chi connectivity index (χ4v) is 5.29. The Morgan fingerprint density at radius 3 is 2.42 bits per heavy atom. The van der Waals surface area contributed by atoms with Crippen LogP contribution in [0.3, 0.4) is 0 Å². The smallest absolute Gasteiger partial charge is 0.172 e. The number of carbonyl (C=O) groups is 1. The van der Waals surface area contributed by atoms with Crippen molar-refractivity contribution in [2.45, 2.75) is 20.8 Å². The summed E-state index contributed by atoms with van der Waals surface area (Å²) < 4.78 is 5.57. The van der Waals surface area contributed by atoms with Crippen LogP contribution in [0.1, 0.15) is 28.5 Å². The van der Waals surface area contributed by atoms with Gasteiger partial charge in [-0.15, -0.1) is 11.3 Å². The average molecular weight is 461 g/mol. The summed E-state index contributed by atoms with van der Waals surface area (Å²) in [5, 5.41) is 0.993. The molecule has 1 saturated heterocycles. The maximum atomic E-state index is 11.9. The number of fused-ring (bicyclic) bond motifs is 1.